The van der Waals surface area contributed by atoms with Crippen LogP contribution in [0.15, 0.2) is 42.6 Å². The van der Waals surface area contributed by atoms with Crippen LogP contribution in [0.4, 0.5) is 16.4 Å². The molecule has 0 atom stereocenters. The highest BCUT2D eigenvalue weighted by Gasteiger charge is 2.22. The largest absolute Gasteiger partial charge is 0.449 e. The minimum atomic E-state index is -0.391. The van der Waals surface area contributed by atoms with E-state index in [1.54, 1.807) is 20.2 Å². The predicted molar refractivity (Wildman–Crippen MR) is 110 cm³/mol. The van der Waals surface area contributed by atoms with Crippen LogP contribution in [-0.4, -0.2) is 47.4 Å². The molecule has 1 amide bonds. The van der Waals surface area contributed by atoms with E-state index >= 15 is 0 Å². The summed E-state index contributed by atoms with van der Waals surface area (Å²) in [7, 11) is 1.69. The van der Waals surface area contributed by atoms with Crippen LogP contribution in [0.1, 0.15) is 25.3 Å². The van der Waals surface area contributed by atoms with Gasteiger partial charge in [0, 0.05) is 20.1 Å². The van der Waals surface area contributed by atoms with Gasteiger partial charge in [-0.1, -0.05) is 30.3 Å². The highest BCUT2D eigenvalue weighted by molar-refractivity contribution is 5.89. The molecule has 0 spiro atoms. The number of nitrogens with zero attached hydrogens (tertiary/aromatic N) is 5. The average Bonchev–Trinajstić information content (AvgIpc) is 3.36. The third-order valence-corrected chi connectivity index (χ3v) is 5.07. The van der Waals surface area contributed by atoms with E-state index in [0.717, 1.165) is 24.6 Å². The van der Waals surface area contributed by atoms with Gasteiger partial charge >= 0.3 is 6.09 Å². The number of ether oxygens (including phenoxy) is 1. The third kappa shape index (κ3) is 3.52. The van der Waals surface area contributed by atoms with Crippen molar-refractivity contribution in [2.24, 2.45) is 0 Å². The molecule has 1 aromatic carbocycles. The Morgan fingerprint density at radius 1 is 1.21 bits per heavy atom. The molecule has 1 saturated heterocycles. The summed E-state index contributed by atoms with van der Waals surface area (Å²) < 4.78 is 7.31. The molecule has 146 valence electrons. The fourth-order valence-corrected chi connectivity index (χ4v) is 3.57. The highest BCUT2D eigenvalue weighted by atomic mass is 16.6. The number of hydrogen-bond acceptors (Lipinski definition) is 5. The summed E-state index contributed by atoms with van der Waals surface area (Å²) in [6.45, 7) is 4.85. The molecule has 1 aliphatic rings. The maximum Gasteiger partial charge on any atom is 0.414 e. The smallest absolute Gasteiger partial charge is 0.414 e. The number of benzene rings is 1. The fourth-order valence-electron chi connectivity index (χ4n) is 3.57. The maximum atomic E-state index is 12.1. The monoisotopic (exact) mass is 379 g/mol. The predicted octanol–water partition coefficient (Wildman–Crippen LogP) is 3.67. The lowest BCUT2D eigenvalue weighted by Gasteiger charge is -2.19. The van der Waals surface area contributed by atoms with Crippen LogP contribution in [0.3, 0.4) is 0 Å². The molecule has 28 heavy (non-hydrogen) atoms. The van der Waals surface area contributed by atoms with Crippen LogP contribution in [0, 0.1) is 0 Å². The molecule has 3 heterocycles. The van der Waals surface area contributed by atoms with Crippen molar-refractivity contribution in [3.05, 3.63) is 48.2 Å². The van der Waals surface area contributed by atoms with Gasteiger partial charge < -0.3 is 14.2 Å². The second kappa shape index (κ2) is 7.88. The van der Waals surface area contributed by atoms with Gasteiger partial charge in [-0.2, -0.15) is 4.98 Å². The summed E-state index contributed by atoms with van der Waals surface area (Å²) in [4.78, 5) is 25.3. The number of carbonyl (C=O) groups excluding carboxylic acids is 1. The van der Waals surface area contributed by atoms with Gasteiger partial charge in [0.25, 0.3) is 0 Å². The Bertz CT molecular complexity index is 964. The highest BCUT2D eigenvalue weighted by Crippen LogP contribution is 2.28. The summed E-state index contributed by atoms with van der Waals surface area (Å²) in [6.07, 6.45) is 3.64. The first-order chi connectivity index (χ1) is 13.7. The third-order valence-electron chi connectivity index (χ3n) is 5.07. The van der Waals surface area contributed by atoms with Gasteiger partial charge in [0.2, 0.25) is 5.95 Å². The van der Waals surface area contributed by atoms with Crippen molar-refractivity contribution < 1.29 is 9.53 Å². The summed E-state index contributed by atoms with van der Waals surface area (Å²) in [5.41, 5.74) is 3.50. The molecule has 0 N–H and O–H groups in total. The molecular weight excluding hydrogens is 354 g/mol. The number of anilines is 2. The van der Waals surface area contributed by atoms with Crippen LogP contribution in [-0.2, 0) is 11.3 Å². The van der Waals surface area contributed by atoms with E-state index in [2.05, 4.69) is 26.6 Å². The number of amides is 1. The molecule has 1 aliphatic heterocycles. The van der Waals surface area contributed by atoms with Gasteiger partial charge in [0.05, 0.1) is 30.6 Å². The first-order valence-electron chi connectivity index (χ1n) is 9.73. The Labute approximate surface area is 164 Å². The summed E-state index contributed by atoms with van der Waals surface area (Å²) in [5.74, 6) is 0.944. The van der Waals surface area contributed by atoms with Gasteiger partial charge in [0.15, 0.2) is 5.65 Å². The second-order valence-corrected chi connectivity index (χ2v) is 6.97. The quantitative estimate of drug-likeness (QED) is 0.677. The zero-order chi connectivity index (χ0) is 19.5. The standard InChI is InChI=1S/C21H25N5O2/c1-3-28-21(27)24(2)17-13-18-19(22-14-17)23-20(25-11-7-8-12-25)26(18)15-16-9-5-4-6-10-16/h4-6,9-10,13-14H,3,7-8,11-12,15H2,1-2H3. The summed E-state index contributed by atoms with van der Waals surface area (Å²) in [6, 6.07) is 12.3. The first-order valence-corrected chi connectivity index (χ1v) is 9.73. The SMILES string of the molecule is CCOC(=O)N(C)c1cnc2nc(N3CCCC3)n(Cc3ccccc3)c2c1. The van der Waals surface area contributed by atoms with Crippen LogP contribution in [0.2, 0.25) is 0 Å². The number of pyridine rings is 1. The van der Waals surface area contributed by atoms with E-state index < -0.39 is 6.09 Å². The molecule has 0 saturated carbocycles. The molecule has 0 aliphatic carbocycles. The van der Waals surface area contributed by atoms with E-state index in [9.17, 15) is 4.79 Å². The number of rotatable bonds is 5. The van der Waals surface area contributed by atoms with Gasteiger partial charge in [-0.05, 0) is 31.4 Å². The van der Waals surface area contributed by atoms with Gasteiger partial charge in [-0.3, -0.25) is 4.90 Å². The maximum absolute atomic E-state index is 12.1. The van der Waals surface area contributed by atoms with Crippen LogP contribution >= 0.6 is 0 Å². The molecule has 3 aromatic rings. The minimum Gasteiger partial charge on any atom is -0.449 e. The first kappa shape index (κ1) is 18.3. The van der Waals surface area contributed by atoms with E-state index in [1.807, 2.05) is 24.3 Å². The zero-order valence-corrected chi connectivity index (χ0v) is 16.3. The molecule has 4 rings (SSSR count). The summed E-state index contributed by atoms with van der Waals surface area (Å²) in [5, 5.41) is 0. The lowest BCUT2D eigenvalue weighted by Crippen LogP contribution is -2.27. The van der Waals surface area contributed by atoms with E-state index in [-0.39, 0.29) is 0 Å². The van der Waals surface area contributed by atoms with Crippen molar-refractivity contribution in [2.45, 2.75) is 26.3 Å². The van der Waals surface area contributed by atoms with E-state index in [0.29, 0.717) is 24.5 Å². The molecule has 7 heteroatoms. The number of carbonyl (C=O) groups is 1. The minimum absolute atomic E-state index is 0.337. The lowest BCUT2D eigenvalue weighted by molar-refractivity contribution is 0.161. The van der Waals surface area contributed by atoms with Gasteiger partial charge in [-0.25, -0.2) is 9.78 Å². The molecule has 0 bridgehead atoms. The number of imidazole rings is 1. The zero-order valence-electron chi connectivity index (χ0n) is 16.3. The van der Waals surface area contributed by atoms with Crippen molar-refractivity contribution in [1.29, 1.82) is 0 Å². The Morgan fingerprint density at radius 2 is 1.96 bits per heavy atom. The van der Waals surface area contributed by atoms with Crippen LogP contribution in [0.25, 0.3) is 11.2 Å². The Kier molecular flexibility index (Phi) is 5.14. The Hall–Kier alpha value is -3.09. The number of hydrogen-bond donors (Lipinski definition) is 0. The van der Waals surface area contributed by atoms with Crippen molar-refractivity contribution in [1.82, 2.24) is 14.5 Å². The number of aromatic nitrogens is 3. The number of fused-ring (bicyclic) bond motifs is 1. The van der Waals surface area contributed by atoms with Gasteiger partial charge in [0.1, 0.15) is 0 Å². The molecule has 0 unspecified atom stereocenters. The Morgan fingerprint density at radius 3 is 2.68 bits per heavy atom. The van der Waals surface area contributed by atoms with Crippen molar-refractivity contribution in [2.75, 3.05) is 36.5 Å². The normalized spacial score (nSPS) is 13.9. The molecule has 1 fully saturated rings. The van der Waals surface area contributed by atoms with Gasteiger partial charge in [-0.15, -0.1) is 0 Å². The van der Waals surface area contributed by atoms with E-state index in [1.165, 1.54) is 23.3 Å². The van der Waals surface area contributed by atoms with Crippen molar-refractivity contribution >= 4 is 28.9 Å². The molecular formula is C21H25N5O2. The van der Waals surface area contributed by atoms with Crippen LogP contribution < -0.4 is 9.80 Å². The lowest BCUT2D eigenvalue weighted by atomic mass is 10.2. The van der Waals surface area contributed by atoms with E-state index in [4.69, 9.17) is 9.72 Å². The Balaban J connectivity index is 1.78. The van der Waals surface area contributed by atoms with Crippen molar-refractivity contribution in [3.63, 3.8) is 0 Å². The molecule has 0 radical (unpaired) electrons. The fraction of sp³-hybridized carbons (Fsp3) is 0.381. The average molecular weight is 379 g/mol. The van der Waals surface area contributed by atoms with Crippen molar-refractivity contribution in [3.8, 4) is 0 Å². The second-order valence-electron chi connectivity index (χ2n) is 6.97. The molecule has 7 nitrogen and oxygen atoms in total. The topological polar surface area (TPSA) is 63.5 Å². The van der Waals surface area contributed by atoms with Crippen LogP contribution in [0.5, 0.6) is 0 Å². The summed E-state index contributed by atoms with van der Waals surface area (Å²) >= 11 is 0. The molecule has 2 aromatic heterocycles.